The highest BCUT2D eigenvalue weighted by Gasteiger charge is 1.85. The third kappa shape index (κ3) is 2.04. The van der Waals surface area contributed by atoms with Crippen LogP contribution in [0.15, 0.2) is 24.3 Å². The Morgan fingerprint density at radius 2 is 1.44 bits per heavy atom. The minimum Gasteiger partial charge on any atom is -0.508 e. The van der Waals surface area contributed by atoms with E-state index in [0.29, 0.717) is 0 Å². The van der Waals surface area contributed by atoms with Gasteiger partial charge in [-0.15, -0.1) is 0 Å². The van der Waals surface area contributed by atoms with Crippen LogP contribution in [0.1, 0.15) is 7.43 Å². The first-order valence-corrected chi connectivity index (χ1v) is 2.27. The van der Waals surface area contributed by atoms with Crippen LogP contribution in [-0.4, -0.2) is 10.2 Å². The van der Waals surface area contributed by atoms with Gasteiger partial charge in [0.1, 0.15) is 11.5 Å². The molecule has 0 spiro atoms. The van der Waals surface area contributed by atoms with Crippen LogP contribution < -0.4 is 0 Å². The normalized spacial score (nSPS) is 8.00. The zero-order valence-electron chi connectivity index (χ0n) is 4.20. The van der Waals surface area contributed by atoms with Crippen molar-refractivity contribution in [1.29, 1.82) is 0 Å². The summed E-state index contributed by atoms with van der Waals surface area (Å²) >= 11 is 0. The maximum atomic E-state index is 8.65. The number of aromatic hydroxyl groups is 2. The Kier molecular flexibility index (Phi) is 2.58. The monoisotopic (exact) mass is 126 g/mol. The molecule has 0 saturated heterocycles. The Balaban J connectivity index is 0.000000640. The lowest BCUT2D eigenvalue weighted by Crippen LogP contribution is -1.61. The van der Waals surface area contributed by atoms with E-state index in [1.54, 1.807) is 6.07 Å². The first-order valence-electron chi connectivity index (χ1n) is 2.27. The van der Waals surface area contributed by atoms with Crippen LogP contribution in [0.3, 0.4) is 0 Å². The van der Waals surface area contributed by atoms with Crippen molar-refractivity contribution in [2.45, 2.75) is 7.43 Å². The molecule has 0 heterocycles. The molecule has 2 N–H and O–H groups in total. The molecule has 0 radical (unpaired) electrons. The lowest BCUT2D eigenvalue weighted by molar-refractivity contribution is 0.450. The fourth-order valence-electron chi connectivity index (χ4n) is 0.493. The summed E-state index contributed by atoms with van der Waals surface area (Å²) < 4.78 is 0. The quantitative estimate of drug-likeness (QED) is 0.555. The highest BCUT2D eigenvalue weighted by atomic mass is 16.3. The molecule has 0 aliphatic rings. The lowest BCUT2D eigenvalue weighted by atomic mass is 10.3. The van der Waals surface area contributed by atoms with E-state index in [0.717, 1.165) is 0 Å². The molecular formula is C7H10O2. The molecule has 1 aromatic rings. The van der Waals surface area contributed by atoms with Gasteiger partial charge in [0.25, 0.3) is 0 Å². The molecule has 2 nitrogen and oxygen atoms in total. The van der Waals surface area contributed by atoms with Crippen LogP contribution in [0.25, 0.3) is 0 Å². The van der Waals surface area contributed by atoms with Crippen molar-refractivity contribution in [3.8, 4) is 11.5 Å². The summed E-state index contributed by atoms with van der Waals surface area (Å²) in [5.74, 6) is 0.176. The van der Waals surface area contributed by atoms with E-state index in [-0.39, 0.29) is 18.9 Å². The molecule has 0 aliphatic heterocycles. The van der Waals surface area contributed by atoms with E-state index in [4.69, 9.17) is 10.2 Å². The Hall–Kier alpha value is -1.18. The van der Waals surface area contributed by atoms with Crippen molar-refractivity contribution in [3.05, 3.63) is 24.3 Å². The van der Waals surface area contributed by atoms with E-state index in [1.807, 2.05) is 0 Å². The van der Waals surface area contributed by atoms with Crippen LogP contribution in [0.5, 0.6) is 11.5 Å². The molecule has 0 fully saturated rings. The van der Waals surface area contributed by atoms with E-state index in [2.05, 4.69) is 0 Å². The van der Waals surface area contributed by atoms with Crippen LogP contribution in [0.2, 0.25) is 0 Å². The predicted octanol–water partition coefficient (Wildman–Crippen LogP) is 1.73. The molecule has 1 aromatic carbocycles. The van der Waals surface area contributed by atoms with Crippen molar-refractivity contribution in [2.24, 2.45) is 0 Å². The number of phenols is 2. The number of hydrogen-bond donors (Lipinski definition) is 2. The molecule has 2 heteroatoms. The molecular weight excluding hydrogens is 116 g/mol. The molecule has 0 unspecified atom stereocenters. The fraction of sp³-hybridized carbons (Fsp3) is 0.143. The standard InChI is InChI=1S/C6H6O2.CH4/c7-5-2-1-3-6(8)4-5;/h1-4,7-8H;1H4. The predicted molar refractivity (Wildman–Crippen MR) is 36.5 cm³/mol. The molecule has 0 bridgehead atoms. The summed E-state index contributed by atoms with van der Waals surface area (Å²) in [6.45, 7) is 0. The minimum absolute atomic E-state index is 0. The molecule has 0 aromatic heterocycles. The summed E-state index contributed by atoms with van der Waals surface area (Å²) in [7, 11) is 0. The van der Waals surface area contributed by atoms with E-state index < -0.39 is 0 Å². The van der Waals surface area contributed by atoms with Gasteiger partial charge in [-0.2, -0.15) is 0 Å². The summed E-state index contributed by atoms with van der Waals surface area (Å²) in [5.41, 5.74) is 0. The second-order valence-electron chi connectivity index (χ2n) is 1.52. The average Bonchev–Trinajstić information content (AvgIpc) is 1.64. The zero-order valence-corrected chi connectivity index (χ0v) is 4.20. The fourth-order valence-corrected chi connectivity index (χ4v) is 0.493. The molecule has 0 aliphatic carbocycles. The summed E-state index contributed by atoms with van der Waals surface area (Å²) in [5, 5.41) is 17.3. The van der Waals surface area contributed by atoms with Gasteiger partial charge in [-0.1, -0.05) is 13.5 Å². The topological polar surface area (TPSA) is 40.5 Å². The SMILES string of the molecule is C.Oc1cccc(O)c1. The van der Waals surface area contributed by atoms with Crippen molar-refractivity contribution >= 4 is 0 Å². The van der Waals surface area contributed by atoms with Gasteiger partial charge in [0.15, 0.2) is 0 Å². The average molecular weight is 126 g/mol. The molecule has 50 valence electrons. The van der Waals surface area contributed by atoms with Gasteiger partial charge in [0.05, 0.1) is 0 Å². The second-order valence-corrected chi connectivity index (χ2v) is 1.52. The Morgan fingerprint density at radius 1 is 1.00 bits per heavy atom. The Labute approximate surface area is 54.4 Å². The van der Waals surface area contributed by atoms with Crippen LogP contribution >= 0.6 is 0 Å². The van der Waals surface area contributed by atoms with Gasteiger partial charge in [0, 0.05) is 6.07 Å². The Bertz CT molecular complexity index is 167. The van der Waals surface area contributed by atoms with Gasteiger partial charge in [-0.05, 0) is 12.1 Å². The molecule has 0 atom stereocenters. The van der Waals surface area contributed by atoms with E-state index in [1.165, 1.54) is 18.2 Å². The highest BCUT2D eigenvalue weighted by molar-refractivity contribution is 5.30. The molecule has 0 saturated carbocycles. The molecule has 1 rings (SSSR count). The molecule has 9 heavy (non-hydrogen) atoms. The van der Waals surface area contributed by atoms with Crippen molar-refractivity contribution in [1.82, 2.24) is 0 Å². The van der Waals surface area contributed by atoms with Gasteiger partial charge >= 0.3 is 0 Å². The number of phenolic OH excluding ortho intramolecular Hbond substituents is 2. The number of rotatable bonds is 0. The maximum Gasteiger partial charge on any atom is 0.119 e. The lowest BCUT2D eigenvalue weighted by Gasteiger charge is -1.89. The number of hydrogen-bond acceptors (Lipinski definition) is 2. The van der Waals surface area contributed by atoms with Gasteiger partial charge in [-0.3, -0.25) is 0 Å². The first-order chi connectivity index (χ1) is 3.79. The summed E-state index contributed by atoms with van der Waals surface area (Å²) in [6, 6.07) is 5.85. The second kappa shape index (κ2) is 2.97. The van der Waals surface area contributed by atoms with Crippen molar-refractivity contribution in [2.75, 3.05) is 0 Å². The van der Waals surface area contributed by atoms with E-state index >= 15 is 0 Å². The van der Waals surface area contributed by atoms with Crippen LogP contribution in [0, 0.1) is 0 Å². The summed E-state index contributed by atoms with van der Waals surface area (Å²) in [6.07, 6.45) is 0. The smallest absolute Gasteiger partial charge is 0.119 e. The van der Waals surface area contributed by atoms with E-state index in [9.17, 15) is 0 Å². The Morgan fingerprint density at radius 3 is 1.67 bits per heavy atom. The third-order valence-electron chi connectivity index (χ3n) is 0.830. The largest absolute Gasteiger partial charge is 0.508 e. The molecule has 0 amide bonds. The van der Waals surface area contributed by atoms with Gasteiger partial charge < -0.3 is 10.2 Å². The van der Waals surface area contributed by atoms with Gasteiger partial charge in [-0.25, -0.2) is 0 Å². The van der Waals surface area contributed by atoms with Crippen molar-refractivity contribution in [3.63, 3.8) is 0 Å². The summed E-state index contributed by atoms with van der Waals surface area (Å²) in [4.78, 5) is 0. The maximum absolute atomic E-state index is 8.65. The van der Waals surface area contributed by atoms with Crippen molar-refractivity contribution < 1.29 is 10.2 Å². The van der Waals surface area contributed by atoms with Crippen LogP contribution in [-0.2, 0) is 0 Å². The number of benzene rings is 1. The van der Waals surface area contributed by atoms with Crippen LogP contribution in [0.4, 0.5) is 0 Å². The minimum atomic E-state index is 0. The zero-order chi connectivity index (χ0) is 5.98. The van der Waals surface area contributed by atoms with Gasteiger partial charge in [0.2, 0.25) is 0 Å². The highest BCUT2D eigenvalue weighted by Crippen LogP contribution is 2.14. The first kappa shape index (κ1) is 7.82. The third-order valence-corrected chi connectivity index (χ3v) is 0.830.